The average Bonchev–Trinajstić information content (AvgIpc) is 3.12. The lowest BCUT2D eigenvalue weighted by Crippen LogP contribution is -2.00. The van der Waals surface area contributed by atoms with Crippen molar-refractivity contribution in [3.63, 3.8) is 0 Å². The largest absolute Gasteiger partial charge is 0.496 e. The number of benzene rings is 2. The molecule has 0 aliphatic heterocycles. The van der Waals surface area contributed by atoms with Crippen LogP contribution in [-0.2, 0) is 6.61 Å². The van der Waals surface area contributed by atoms with Crippen molar-refractivity contribution in [2.45, 2.75) is 26.4 Å². The highest BCUT2D eigenvalue weighted by molar-refractivity contribution is 7.14. The van der Waals surface area contributed by atoms with E-state index in [4.69, 9.17) is 15.2 Å². The molecule has 0 atom stereocenters. The Balaban J connectivity index is 1.66. The van der Waals surface area contributed by atoms with Crippen molar-refractivity contribution in [2.24, 2.45) is 5.10 Å². The van der Waals surface area contributed by atoms with Crippen LogP contribution in [-0.4, -0.2) is 18.3 Å². The van der Waals surface area contributed by atoms with Gasteiger partial charge in [0.1, 0.15) is 23.9 Å². The highest BCUT2D eigenvalue weighted by atomic mass is 32.1. The number of thiazole rings is 1. The average molecular weight is 397 g/mol. The van der Waals surface area contributed by atoms with Gasteiger partial charge in [-0.2, -0.15) is 5.10 Å². The summed E-state index contributed by atoms with van der Waals surface area (Å²) < 4.78 is 11.4. The van der Waals surface area contributed by atoms with Gasteiger partial charge in [-0.3, -0.25) is 5.43 Å². The molecular weight excluding hydrogens is 372 g/mol. The van der Waals surface area contributed by atoms with Gasteiger partial charge in [0.05, 0.1) is 13.3 Å². The van der Waals surface area contributed by atoms with Crippen molar-refractivity contribution in [3.05, 3.63) is 64.5 Å². The maximum Gasteiger partial charge on any atom is 0.205 e. The molecule has 0 radical (unpaired) electrons. The number of aromatic nitrogens is 1. The summed E-state index contributed by atoms with van der Waals surface area (Å²) in [7, 11) is 1.65. The topological polar surface area (TPSA) is 81.8 Å². The SMILES string of the molecule is COc1ccc(C=NNc2nc(N)cs2)cc1COc1ccc(C(C)C)cc1. The molecule has 3 N–H and O–H groups in total. The molecule has 28 heavy (non-hydrogen) atoms. The van der Waals surface area contributed by atoms with Crippen molar-refractivity contribution >= 4 is 28.5 Å². The summed E-state index contributed by atoms with van der Waals surface area (Å²) in [5, 5.41) is 6.61. The minimum atomic E-state index is 0.405. The zero-order valence-corrected chi connectivity index (χ0v) is 17.0. The van der Waals surface area contributed by atoms with Gasteiger partial charge in [-0.05, 0) is 47.4 Å². The van der Waals surface area contributed by atoms with Gasteiger partial charge in [-0.1, -0.05) is 26.0 Å². The van der Waals surface area contributed by atoms with E-state index in [2.05, 4.69) is 41.5 Å². The third-order valence-electron chi connectivity index (χ3n) is 4.14. The van der Waals surface area contributed by atoms with E-state index < -0.39 is 0 Å². The molecule has 0 bridgehead atoms. The Morgan fingerprint density at radius 2 is 2.00 bits per heavy atom. The van der Waals surface area contributed by atoms with Crippen molar-refractivity contribution in [2.75, 3.05) is 18.3 Å². The predicted octanol–water partition coefficient (Wildman–Crippen LogP) is 4.88. The summed E-state index contributed by atoms with van der Waals surface area (Å²) >= 11 is 1.40. The predicted molar refractivity (Wildman–Crippen MR) is 116 cm³/mol. The third-order valence-corrected chi connectivity index (χ3v) is 4.91. The van der Waals surface area contributed by atoms with Gasteiger partial charge < -0.3 is 15.2 Å². The first-order valence-corrected chi connectivity index (χ1v) is 9.83. The number of hydrazone groups is 1. The summed E-state index contributed by atoms with van der Waals surface area (Å²) in [6.07, 6.45) is 1.72. The van der Waals surface area contributed by atoms with Gasteiger partial charge in [-0.15, -0.1) is 11.3 Å². The molecule has 0 aliphatic carbocycles. The van der Waals surface area contributed by atoms with E-state index in [0.29, 0.717) is 23.5 Å². The van der Waals surface area contributed by atoms with Crippen LogP contribution in [0.5, 0.6) is 11.5 Å². The Labute approximate surface area is 169 Å². The van der Waals surface area contributed by atoms with Gasteiger partial charge in [0.25, 0.3) is 0 Å². The number of ether oxygens (including phenoxy) is 2. The minimum Gasteiger partial charge on any atom is -0.496 e. The van der Waals surface area contributed by atoms with Gasteiger partial charge in [0.2, 0.25) is 5.13 Å². The molecule has 0 saturated heterocycles. The number of nitrogens with one attached hydrogen (secondary N) is 1. The maximum atomic E-state index is 5.94. The Morgan fingerprint density at radius 1 is 1.21 bits per heavy atom. The quantitative estimate of drug-likeness (QED) is 0.419. The molecule has 0 fully saturated rings. The molecule has 0 saturated carbocycles. The van der Waals surface area contributed by atoms with Crippen LogP contribution >= 0.6 is 11.3 Å². The highest BCUT2D eigenvalue weighted by Crippen LogP contribution is 2.23. The fraction of sp³-hybridized carbons (Fsp3) is 0.238. The summed E-state index contributed by atoms with van der Waals surface area (Å²) in [4.78, 5) is 4.10. The number of nitrogens with zero attached hydrogens (tertiary/aromatic N) is 2. The van der Waals surface area contributed by atoms with E-state index in [1.807, 2.05) is 30.3 Å². The van der Waals surface area contributed by atoms with Crippen LogP contribution in [0.25, 0.3) is 0 Å². The van der Waals surface area contributed by atoms with Crippen molar-refractivity contribution in [1.29, 1.82) is 0 Å². The van der Waals surface area contributed by atoms with Gasteiger partial charge in [-0.25, -0.2) is 4.98 Å². The van der Waals surface area contributed by atoms with E-state index >= 15 is 0 Å². The lowest BCUT2D eigenvalue weighted by atomic mass is 10.0. The molecule has 6 nitrogen and oxygen atoms in total. The van der Waals surface area contributed by atoms with Crippen LogP contribution < -0.4 is 20.6 Å². The molecule has 7 heteroatoms. The number of hydrogen-bond donors (Lipinski definition) is 2. The van der Waals surface area contributed by atoms with Crippen LogP contribution in [0.4, 0.5) is 10.9 Å². The fourth-order valence-electron chi connectivity index (χ4n) is 2.60. The first kappa shape index (κ1) is 19.7. The molecule has 3 rings (SSSR count). The van der Waals surface area contributed by atoms with Crippen LogP contribution in [0.2, 0.25) is 0 Å². The molecule has 0 aliphatic rings. The molecular formula is C21H24N4O2S. The van der Waals surface area contributed by atoms with Crippen molar-refractivity contribution in [3.8, 4) is 11.5 Å². The minimum absolute atomic E-state index is 0.405. The normalized spacial score (nSPS) is 11.1. The van der Waals surface area contributed by atoms with Gasteiger partial charge in [0.15, 0.2) is 0 Å². The standard InChI is InChI=1S/C21H24N4O2S/c1-14(2)16-5-7-18(8-6-16)27-12-17-10-15(4-9-19(17)26-3)11-23-25-21-24-20(22)13-28-21/h4-11,13-14H,12,22H2,1-3H3,(H,24,25). The van der Waals surface area contributed by atoms with E-state index in [9.17, 15) is 0 Å². The van der Waals surface area contributed by atoms with E-state index in [1.165, 1.54) is 16.9 Å². The molecule has 0 amide bonds. The highest BCUT2D eigenvalue weighted by Gasteiger charge is 2.06. The monoisotopic (exact) mass is 396 g/mol. The van der Waals surface area contributed by atoms with Crippen molar-refractivity contribution in [1.82, 2.24) is 4.98 Å². The first-order chi connectivity index (χ1) is 13.5. The van der Waals surface area contributed by atoms with Crippen LogP contribution in [0.3, 0.4) is 0 Å². The molecule has 2 aromatic carbocycles. The first-order valence-electron chi connectivity index (χ1n) is 8.95. The maximum absolute atomic E-state index is 5.94. The zero-order valence-electron chi connectivity index (χ0n) is 16.2. The number of hydrogen-bond acceptors (Lipinski definition) is 7. The summed E-state index contributed by atoms with van der Waals surface area (Å²) in [5.41, 5.74) is 11.6. The summed E-state index contributed by atoms with van der Waals surface area (Å²) in [5.74, 6) is 2.58. The van der Waals surface area contributed by atoms with Gasteiger partial charge >= 0.3 is 0 Å². The van der Waals surface area contributed by atoms with Crippen LogP contribution in [0, 0.1) is 0 Å². The number of nitrogens with two attached hydrogens (primary N) is 1. The lowest BCUT2D eigenvalue weighted by molar-refractivity contribution is 0.296. The Bertz CT molecular complexity index is 936. The van der Waals surface area contributed by atoms with E-state index in [1.54, 1.807) is 18.7 Å². The summed E-state index contributed by atoms with van der Waals surface area (Å²) in [6.45, 7) is 4.75. The summed E-state index contributed by atoms with van der Waals surface area (Å²) in [6, 6.07) is 14.0. The second-order valence-electron chi connectivity index (χ2n) is 6.53. The lowest BCUT2D eigenvalue weighted by Gasteiger charge is -2.12. The number of rotatable bonds is 8. The molecule has 0 unspecified atom stereocenters. The molecule has 0 spiro atoms. The zero-order chi connectivity index (χ0) is 19.9. The molecule has 1 aromatic heterocycles. The molecule has 3 aromatic rings. The number of methoxy groups -OCH3 is 1. The van der Waals surface area contributed by atoms with E-state index in [-0.39, 0.29) is 0 Å². The molecule has 1 heterocycles. The molecule has 146 valence electrons. The van der Waals surface area contributed by atoms with Crippen LogP contribution in [0.1, 0.15) is 36.5 Å². The van der Waals surface area contributed by atoms with Crippen LogP contribution in [0.15, 0.2) is 52.9 Å². The Hall–Kier alpha value is -3.06. The Morgan fingerprint density at radius 3 is 2.64 bits per heavy atom. The van der Waals surface area contributed by atoms with E-state index in [0.717, 1.165) is 22.6 Å². The number of anilines is 2. The second-order valence-corrected chi connectivity index (χ2v) is 7.39. The fourth-order valence-corrected chi connectivity index (χ4v) is 3.15. The smallest absolute Gasteiger partial charge is 0.205 e. The number of nitrogen functional groups attached to an aromatic ring is 1. The third kappa shape index (κ3) is 5.23. The van der Waals surface area contributed by atoms with Gasteiger partial charge in [0, 0.05) is 10.9 Å². The second kappa shape index (κ2) is 9.23. The van der Waals surface area contributed by atoms with Crippen molar-refractivity contribution < 1.29 is 9.47 Å². The Kier molecular flexibility index (Phi) is 6.49.